The number of nitrogens with one attached hydrogen (secondary N) is 2. The van der Waals surface area contributed by atoms with Crippen LogP contribution >= 0.6 is 0 Å². The van der Waals surface area contributed by atoms with E-state index in [0.29, 0.717) is 6.42 Å². The molecule has 1 saturated carbocycles. The monoisotopic (exact) mass is 383 g/mol. The molecule has 6 N–H and O–H groups in total. The maximum Gasteiger partial charge on any atom is 0.475 e. The smallest absolute Gasteiger partial charge is 0.426 e. The fraction of sp³-hybridized carbons (Fsp3) is 0.833. The third-order valence-electron chi connectivity index (χ3n) is 5.34. The van der Waals surface area contributed by atoms with Gasteiger partial charge in [0, 0.05) is 12.3 Å². The van der Waals surface area contributed by atoms with Gasteiger partial charge in [0.15, 0.2) is 5.78 Å². The highest BCUT2D eigenvalue weighted by Gasteiger charge is 2.30. The van der Waals surface area contributed by atoms with Crippen LogP contribution in [0.4, 0.5) is 0 Å². The van der Waals surface area contributed by atoms with Gasteiger partial charge in [-0.15, -0.1) is 0 Å². The minimum absolute atomic E-state index is 0.0489. The largest absolute Gasteiger partial charge is 0.475 e. The first-order valence-electron chi connectivity index (χ1n) is 9.92. The van der Waals surface area contributed by atoms with Gasteiger partial charge in [-0.2, -0.15) is 0 Å². The Morgan fingerprint density at radius 1 is 1.07 bits per heavy atom. The lowest BCUT2D eigenvalue weighted by Crippen LogP contribution is -2.53. The molecule has 0 aliphatic heterocycles. The van der Waals surface area contributed by atoms with Gasteiger partial charge < -0.3 is 26.4 Å². The molecule has 4 atom stereocenters. The molecule has 0 saturated heterocycles. The first-order valence-corrected chi connectivity index (χ1v) is 9.92. The maximum absolute atomic E-state index is 12.4. The molecule has 154 valence electrons. The average Bonchev–Trinajstić information content (AvgIpc) is 2.65. The fourth-order valence-electron chi connectivity index (χ4n) is 3.35. The summed E-state index contributed by atoms with van der Waals surface area (Å²) in [4.78, 5) is 37.0. The van der Waals surface area contributed by atoms with Crippen molar-refractivity contribution in [1.29, 1.82) is 0 Å². The number of nitrogens with two attached hydrogens (primary N) is 1. The van der Waals surface area contributed by atoms with Crippen molar-refractivity contribution in [3.63, 3.8) is 0 Å². The van der Waals surface area contributed by atoms with Crippen LogP contribution in [0.15, 0.2) is 0 Å². The summed E-state index contributed by atoms with van der Waals surface area (Å²) in [5, 5.41) is 23.2. The Morgan fingerprint density at radius 2 is 1.67 bits per heavy atom. The molecule has 0 radical (unpaired) electrons. The topological polar surface area (TPSA) is 142 Å². The molecule has 27 heavy (non-hydrogen) atoms. The summed E-state index contributed by atoms with van der Waals surface area (Å²) in [5.74, 6) is -2.24. The second kappa shape index (κ2) is 11.4. The summed E-state index contributed by atoms with van der Waals surface area (Å²) >= 11 is 0. The number of hydrogen-bond donors (Lipinski definition) is 5. The number of carbonyl (C=O) groups excluding carboxylic acids is 3. The highest BCUT2D eigenvalue weighted by Crippen LogP contribution is 2.26. The zero-order valence-corrected chi connectivity index (χ0v) is 16.6. The Morgan fingerprint density at radius 3 is 2.19 bits per heavy atom. The highest BCUT2D eigenvalue weighted by atomic mass is 16.4. The maximum atomic E-state index is 12.4. The summed E-state index contributed by atoms with van der Waals surface area (Å²) in [6.45, 7) is 4.83. The molecule has 1 fully saturated rings. The third-order valence-corrected chi connectivity index (χ3v) is 5.34. The summed E-state index contributed by atoms with van der Waals surface area (Å²) in [5.41, 5.74) is 6.11. The predicted molar refractivity (Wildman–Crippen MR) is 103 cm³/mol. The summed E-state index contributed by atoms with van der Waals surface area (Å²) in [7, 11) is -1.68. The number of amides is 2. The number of ketones is 1. The Balaban J connectivity index is 2.53. The molecule has 9 heteroatoms. The van der Waals surface area contributed by atoms with Crippen LogP contribution in [0.3, 0.4) is 0 Å². The van der Waals surface area contributed by atoms with Crippen LogP contribution in [-0.2, 0) is 14.4 Å². The first-order chi connectivity index (χ1) is 12.7. The molecule has 0 aromatic rings. The lowest BCUT2D eigenvalue weighted by Gasteiger charge is -2.27. The van der Waals surface area contributed by atoms with Crippen molar-refractivity contribution in [3.05, 3.63) is 0 Å². The molecule has 8 nitrogen and oxygen atoms in total. The van der Waals surface area contributed by atoms with Crippen molar-refractivity contribution in [3.8, 4) is 0 Å². The molecular weight excluding hydrogens is 349 g/mol. The number of carbonyl (C=O) groups is 3. The van der Waals surface area contributed by atoms with Gasteiger partial charge in [0.25, 0.3) is 0 Å². The van der Waals surface area contributed by atoms with Crippen LogP contribution < -0.4 is 16.4 Å². The normalized spacial score (nSPS) is 19.5. The minimum Gasteiger partial charge on any atom is -0.426 e. The van der Waals surface area contributed by atoms with Gasteiger partial charge in [-0.3, -0.25) is 14.4 Å². The number of hydrogen-bond acceptors (Lipinski definition) is 6. The van der Waals surface area contributed by atoms with Gasteiger partial charge in [0.05, 0.1) is 12.0 Å². The Labute approximate surface area is 161 Å². The van der Waals surface area contributed by atoms with Crippen LogP contribution in [0.1, 0.15) is 65.7 Å². The van der Waals surface area contributed by atoms with Crippen LogP contribution in [0.25, 0.3) is 0 Å². The Kier molecular flexibility index (Phi) is 9.97. The van der Waals surface area contributed by atoms with Crippen molar-refractivity contribution in [2.45, 2.75) is 83.7 Å². The second-order valence-electron chi connectivity index (χ2n) is 7.68. The molecular formula is C18H34BN3O5. The fourth-order valence-corrected chi connectivity index (χ4v) is 3.35. The zero-order valence-electron chi connectivity index (χ0n) is 16.6. The van der Waals surface area contributed by atoms with Crippen molar-refractivity contribution in [1.82, 2.24) is 10.6 Å². The van der Waals surface area contributed by atoms with Crippen molar-refractivity contribution in [2.24, 2.45) is 17.6 Å². The van der Waals surface area contributed by atoms with Gasteiger partial charge >= 0.3 is 7.12 Å². The Hall–Kier alpha value is -1.45. The van der Waals surface area contributed by atoms with Gasteiger partial charge in [-0.05, 0) is 32.1 Å². The SMILES string of the molecule is CCC(NC(=O)C(C)CC(=O)C(N)C1CCCCC1)C(=O)NC(C)B(O)O. The highest BCUT2D eigenvalue weighted by molar-refractivity contribution is 6.43. The molecule has 0 aromatic carbocycles. The van der Waals surface area contributed by atoms with Crippen LogP contribution in [0.5, 0.6) is 0 Å². The van der Waals surface area contributed by atoms with Crippen molar-refractivity contribution in [2.75, 3.05) is 0 Å². The zero-order chi connectivity index (χ0) is 20.6. The van der Waals surface area contributed by atoms with Crippen molar-refractivity contribution >= 4 is 24.7 Å². The molecule has 1 aliphatic rings. The van der Waals surface area contributed by atoms with E-state index in [9.17, 15) is 14.4 Å². The molecule has 0 heterocycles. The van der Waals surface area contributed by atoms with E-state index in [1.165, 1.54) is 13.3 Å². The van der Waals surface area contributed by atoms with E-state index in [-0.39, 0.29) is 18.1 Å². The van der Waals surface area contributed by atoms with Gasteiger partial charge in [0.2, 0.25) is 11.8 Å². The van der Waals surface area contributed by atoms with Crippen LogP contribution in [0.2, 0.25) is 0 Å². The van der Waals surface area contributed by atoms with E-state index < -0.39 is 42.9 Å². The van der Waals surface area contributed by atoms with Crippen molar-refractivity contribution < 1.29 is 24.4 Å². The van der Waals surface area contributed by atoms with Gasteiger partial charge in [0.1, 0.15) is 6.04 Å². The quantitative estimate of drug-likeness (QED) is 0.334. The summed E-state index contributed by atoms with van der Waals surface area (Å²) < 4.78 is 0. The van der Waals surface area contributed by atoms with Crippen LogP contribution in [0, 0.1) is 11.8 Å². The predicted octanol–water partition coefficient (Wildman–Crippen LogP) is -0.0992. The summed E-state index contributed by atoms with van der Waals surface area (Å²) in [6, 6.07) is -1.33. The van der Waals surface area contributed by atoms with E-state index in [4.69, 9.17) is 15.8 Å². The van der Waals surface area contributed by atoms with Gasteiger partial charge in [-0.25, -0.2) is 0 Å². The summed E-state index contributed by atoms with van der Waals surface area (Å²) in [6.07, 6.45) is 5.68. The van der Waals surface area contributed by atoms with Crippen LogP contribution in [-0.4, -0.2) is 52.8 Å². The molecule has 2 amide bonds. The van der Waals surface area contributed by atoms with E-state index in [2.05, 4.69) is 10.6 Å². The minimum atomic E-state index is -1.68. The van der Waals surface area contributed by atoms with E-state index in [1.54, 1.807) is 13.8 Å². The standard InChI is InChI=1S/C18H34BN3O5/c1-4-14(18(25)21-12(3)19(26)27)22-17(24)11(2)10-15(23)16(20)13-8-6-5-7-9-13/h11-14,16,26-27H,4-10,20H2,1-3H3,(H,21,25)(H,22,24). The first kappa shape index (κ1) is 23.6. The molecule has 1 rings (SSSR count). The number of rotatable bonds is 10. The third kappa shape index (κ3) is 7.60. The Bertz CT molecular complexity index is 511. The molecule has 0 spiro atoms. The average molecular weight is 383 g/mol. The molecule has 0 bridgehead atoms. The molecule has 0 aromatic heterocycles. The lowest BCUT2D eigenvalue weighted by molar-refractivity contribution is -0.133. The van der Waals surface area contributed by atoms with Gasteiger partial charge in [-0.1, -0.05) is 33.1 Å². The molecule has 4 unspecified atom stereocenters. The molecule has 1 aliphatic carbocycles. The number of Topliss-reactive ketones (excluding diaryl/α,β-unsaturated/α-hetero) is 1. The van der Waals surface area contributed by atoms with E-state index >= 15 is 0 Å². The van der Waals surface area contributed by atoms with E-state index in [1.807, 2.05) is 0 Å². The lowest BCUT2D eigenvalue weighted by atomic mass is 9.81. The second-order valence-corrected chi connectivity index (χ2v) is 7.68. The van der Waals surface area contributed by atoms with E-state index in [0.717, 1.165) is 25.7 Å².